The molecule has 0 amide bonds. The first kappa shape index (κ1) is 41.9. The third-order valence-electron chi connectivity index (χ3n) is 9.07. The SMILES string of the molecule is C=C(C)C(=O)OCC(COCCC[Si](C)(C)C(CC)(CC)O[Si](C)(C)C(C)(CC)O[Si](C)(C)CCCC)O[Si](C)(C)C. The number of carbonyl (C=O) groups excluding carboxylic acids is 1. The van der Waals surface area contributed by atoms with Crippen LogP contribution in [0.25, 0.3) is 0 Å². The third-order valence-corrected chi connectivity index (χ3v) is 21.9. The molecule has 0 bridgehead atoms. The van der Waals surface area contributed by atoms with Gasteiger partial charge in [0.1, 0.15) is 12.7 Å². The zero-order valence-corrected chi connectivity index (χ0v) is 34.5. The molecule has 42 heavy (non-hydrogen) atoms. The highest BCUT2D eigenvalue weighted by molar-refractivity contribution is 6.83. The van der Waals surface area contributed by atoms with Crippen molar-refractivity contribution in [3.8, 4) is 0 Å². The second-order valence-electron chi connectivity index (χ2n) is 15.2. The molecule has 0 aliphatic rings. The van der Waals surface area contributed by atoms with E-state index in [-0.39, 0.29) is 29.1 Å². The minimum absolute atomic E-state index is 0.0993. The highest BCUT2D eigenvalue weighted by atomic mass is 28.4. The molecule has 0 fully saturated rings. The maximum absolute atomic E-state index is 11.9. The van der Waals surface area contributed by atoms with E-state index in [1.165, 1.54) is 18.9 Å². The molecule has 2 unspecified atom stereocenters. The Bertz CT molecular complexity index is 820. The molecule has 0 saturated carbocycles. The lowest BCUT2D eigenvalue weighted by molar-refractivity contribution is -0.142. The molecule has 250 valence electrons. The Kier molecular flexibility index (Phi) is 17.5. The minimum Gasteiger partial charge on any atom is -0.460 e. The van der Waals surface area contributed by atoms with Crippen LogP contribution in [-0.2, 0) is 27.5 Å². The standard InChI is InChI=1S/C32H70O6Si4/c1-17-21-25-41(13,14)37-31(7,18-2)42(15,16)38-32(19-3,20-4)40(11,12)24-22-23-34-26-29(36-39(8,9)10)27-35-30(33)28(5)6/h29H,5,17-27H2,1-4,6-16H3. The summed E-state index contributed by atoms with van der Waals surface area (Å²) < 4.78 is 32.4. The van der Waals surface area contributed by atoms with Crippen LogP contribution in [0.1, 0.15) is 80.1 Å². The van der Waals surface area contributed by atoms with Crippen LogP contribution in [-0.4, -0.2) is 75.4 Å². The smallest absolute Gasteiger partial charge is 0.333 e. The number of carbonyl (C=O) groups is 1. The lowest BCUT2D eigenvalue weighted by Gasteiger charge is -2.54. The molecule has 10 heteroatoms. The molecule has 2 atom stereocenters. The van der Waals surface area contributed by atoms with E-state index >= 15 is 0 Å². The highest BCUT2D eigenvalue weighted by Gasteiger charge is 2.54. The van der Waals surface area contributed by atoms with Gasteiger partial charge in [0.2, 0.25) is 8.32 Å². The first-order valence-electron chi connectivity index (χ1n) is 16.5. The van der Waals surface area contributed by atoms with Crippen molar-refractivity contribution in [2.75, 3.05) is 19.8 Å². The lowest BCUT2D eigenvalue weighted by Crippen LogP contribution is -2.67. The molecule has 6 nitrogen and oxygen atoms in total. The molecule has 0 spiro atoms. The van der Waals surface area contributed by atoms with Crippen LogP contribution in [0.5, 0.6) is 0 Å². The lowest BCUT2D eigenvalue weighted by atomic mass is 10.2. The van der Waals surface area contributed by atoms with E-state index in [1.54, 1.807) is 6.92 Å². The molecular weight excluding hydrogens is 593 g/mol. The van der Waals surface area contributed by atoms with Crippen LogP contribution < -0.4 is 0 Å². The normalized spacial score (nSPS) is 15.8. The molecule has 0 heterocycles. The predicted octanol–water partition coefficient (Wildman–Crippen LogP) is 9.49. The van der Waals surface area contributed by atoms with Gasteiger partial charge in [-0.3, -0.25) is 0 Å². The predicted molar refractivity (Wildman–Crippen MR) is 191 cm³/mol. The summed E-state index contributed by atoms with van der Waals surface area (Å²) in [7, 11) is -7.71. The fraction of sp³-hybridized carbons (Fsp3) is 0.906. The number of unbranched alkanes of at least 4 members (excludes halogenated alkanes) is 1. The largest absolute Gasteiger partial charge is 0.460 e. The van der Waals surface area contributed by atoms with Gasteiger partial charge in [-0.25, -0.2) is 4.79 Å². The first-order chi connectivity index (χ1) is 19.1. The fourth-order valence-corrected chi connectivity index (χ4v) is 19.2. The van der Waals surface area contributed by atoms with Crippen molar-refractivity contribution < 1.29 is 27.5 Å². The summed E-state index contributed by atoms with van der Waals surface area (Å²) in [5.41, 5.74) is 0.395. The summed E-state index contributed by atoms with van der Waals surface area (Å²) in [6, 6.07) is 2.33. The topological polar surface area (TPSA) is 63.2 Å². The van der Waals surface area contributed by atoms with Crippen LogP contribution in [0.4, 0.5) is 0 Å². The van der Waals surface area contributed by atoms with Crippen LogP contribution >= 0.6 is 0 Å². The Hall–Kier alpha value is -0.0825. The van der Waals surface area contributed by atoms with Gasteiger partial charge in [0.25, 0.3) is 0 Å². The monoisotopic (exact) mass is 662 g/mol. The Balaban J connectivity index is 5.50. The fourth-order valence-electron chi connectivity index (χ4n) is 5.94. The molecule has 0 radical (unpaired) electrons. The van der Waals surface area contributed by atoms with E-state index in [0.717, 1.165) is 31.7 Å². The van der Waals surface area contributed by atoms with Crippen molar-refractivity contribution in [2.24, 2.45) is 0 Å². The quantitative estimate of drug-likeness (QED) is 0.0470. The summed E-state index contributed by atoms with van der Waals surface area (Å²) >= 11 is 0. The number of hydrogen-bond acceptors (Lipinski definition) is 6. The number of rotatable bonds is 23. The van der Waals surface area contributed by atoms with Crippen LogP contribution in [0, 0.1) is 0 Å². The molecule has 0 N–H and O–H groups in total. The Morgan fingerprint density at radius 1 is 0.810 bits per heavy atom. The average molecular weight is 663 g/mol. The van der Waals surface area contributed by atoms with E-state index in [9.17, 15) is 4.79 Å². The number of hydrogen-bond donors (Lipinski definition) is 0. The van der Waals surface area contributed by atoms with Gasteiger partial charge in [0, 0.05) is 17.4 Å². The van der Waals surface area contributed by atoms with Gasteiger partial charge in [-0.2, -0.15) is 0 Å². The molecule has 0 aliphatic carbocycles. The van der Waals surface area contributed by atoms with Crippen molar-refractivity contribution in [1.82, 2.24) is 0 Å². The number of esters is 1. The molecule has 0 aromatic carbocycles. The zero-order valence-electron chi connectivity index (χ0n) is 30.5. The highest BCUT2D eigenvalue weighted by Crippen LogP contribution is 2.43. The Labute approximate surface area is 265 Å². The number of ether oxygens (including phenoxy) is 2. The minimum atomic E-state index is -2.26. The van der Waals surface area contributed by atoms with Gasteiger partial charge in [-0.05, 0) is 91.4 Å². The van der Waals surface area contributed by atoms with Crippen LogP contribution in [0.3, 0.4) is 0 Å². The second kappa shape index (κ2) is 17.6. The molecular formula is C32H70O6Si4. The summed E-state index contributed by atoms with van der Waals surface area (Å²) in [6.45, 7) is 39.1. The maximum Gasteiger partial charge on any atom is 0.333 e. The van der Waals surface area contributed by atoms with Crippen molar-refractivity contribution in [3.63, 3.8) is 0 Å². The van der Waals surface area contributed by atoms with E-state index in [1.807, 2.05) is 0 Å². The van der Waals surface area contributed by atoms with Gasteiger partial charge in [-0.15, -0.1) is 0 Å². The Morgan fingerprint density at radius 3 is 1.83 bits per heavy atom. The van der Waals surface area contributed by atoms with E-state index in [2.05, 4.69) is 100 Å². The van der Waals surface area contributed by atoms with Gasteiger partial charge in [0.05, 0.1) is 19.9 Å². The van der Waals surface area contributed by atoms with Crippen molar-refractivity contribution in [3.05, 3.63) is 12.2 Å². The van der Waals surface area contributed by atoms with Crippen LogP contribution in [0.2, 0.25) is 71.0 Å². The van der Waals surface area contributed by atoms with Crippen molar-refractivity contribution in [1.29, 1.82) is 0 Å². The summed E-state index contributed by atoms with van der Waals surface area (Å²) in [6.07, 6.45) is 6.21. The van der Waals surface area contributed by atoms with Crippen LogP contribution in [0.15, 0.2) is 12.2 Å². The average Bonchev–Trinajstić information content (AvgIpc) is 2.87. The summed E-state index contributed by atoms with van der Waals surface area (Å²) in [5.74, 6) is -0.384. The Morgan fingerprint density at radius 2 is 1.38 bits per heavy atom. The summed E-state index contributed by atoms with van der Waals surface area (Å²) in [5, 5.41) is -0.309. The van der Waals surface area contributed by atoms with Gasteiger partial charge < -0.3 is 22.8 Å². The van der Waals surface area contributed by atoms with Crippen molar-refractivity contribution in [2.45, 2.75) is 168 Å². The molecule has 0 aromatic rings. The van der Waals surface area contributed by atoms with E-state index in [0.29, 0.717) is 18.8 Å². The molecule has 0 saturated heterocycles. The van der Waals surface area contributed by atoms with Gasteiger partial charge in [0.15, 0.2) is 16.6 Å². The molecule has 0 aliphatic heterocycles. The van der Waals surface area contributed by atoms with Gasteiger partial charge >= 0.3 is 5.97 Å². The van der Waals surface area contributed by atoms with E-state index in [4.69, 9.17) is 22.8 Å². The van der Waals surface area contributed by atoms with E-state index < -0.39 is 33.0 Å². The zero-order chi connectivity index (χ0) is 33.0. The second-order valence-corrected chi connectivity index (χ2v) is 33.3. The molecule has 0 rings (SSSR count). The first-order valence-corrected chi connectivity index (χ1v) is 29.2. The third kappa shape index (κ3) is 13.5. The van der Waals surface area contributed by atoms with Gasteiger partial charge in [-0.1, -0.05) is 66.3 Å². The summed E-state index contributed by atoms with van der Waals surface area (Å²) in [4.78, 5) is 11.9. The molecule has 0 aromatic heterocycles. The van der Waals surface area contributed by atoms with Crippen molar-refractivity contribution >= 4 is 39.0 Å². The maximum atomic E-state index is 11.9.